The van der Waals surface area contributed by atoms with Crippen molar-refractivity contribution in [2.75, 3.05) is 13.1 Å². The number of nitrogens with two attached hydrogens (primary N) is 1. The van der Waals surface area contributed by atoms with Gasteiger partial charge in [-0.05, 0) is 37.6 Å². The van der Waals surface area contributed by atoms with E-state index in [0.29, 0.717) is 13.1 Å². The molecule has 0 spiro atoms. The summed E-state index contributed by atoms with van der Waals surface area (Å²) in [6.45, 7) is 1.11. The number of amides is 1. The van der Waals surface area contributed by atoms with Crippen LogP contribution in [0.1, 0.15) is 41.6 Å². The summed E-state index contributed by atoms with van der Waals surface area (Å²) in [5, 5.41) is 2.62. The molecule has 1 aromatic carbocycles. The molecule has 3 N–H and O–H groups in total. The predicted molar refractivity (Wildman–Crippen MR) is 71.3 cm³/mol. The number of carbonyl (C=O) groups is 1. The van der Waals surface area contributed by atoms with Crippen LogP contribution in [0.25, 0.3) is 0 Å². The van der Waals surface area contributed by atoms with Crippen LogP contribution in [0.15, 0.2) is 24.3 Å². The van der Waals surface area contributed by atoms with Crippen molar-refractivity contribution >= 4 is 5.91 Å². The molecule has 0 aromatic heterocycles. The highest BCUT2D eigenvalue weighted by Crippen LogP contribution is 2.29. The van der Waals surface area contributed by atoms with E-state index in [-0.39, 0.29) is 5.56 Å². The Morgan fingerprint density at radius 1 is 1.15 bits per heavy atom. The van der Waals surface area contributed by atoms with E-state index in [0.717, 1.165) is 37.8 Å². The molecular formula is C14H19F3N2O. The largest absolute Gasteiger partial charge is 0.416 e. The van der Waals surface area contributed by atoms with Gasteiger partial charge in [-0.2, -0.15) is 13.2 Å². The molecule has 1 amide bonds. The lowest BCUT2D eigenvalue weighted by atomic mass is 10.1. The van der Waals surface area contributed by atoms with Crippen molar-refractivity contribution in [2.45, 2.75) is 31.9 Å². The maximum Gasteiger partial charge on any atom is 0.416 e. The van der Waals surface area contributed by atoms with E-state index in [1.807, 2.05) is 0 Å². The van der Waals surface area contributed by atoms with Gasteiger partial charge in [0.15, 0.2) is 0 Å². The second kappa shape index (κ2) is 7.89. The van der Waals surface area contributed by atoms with Gasteiger partial charge in [-0.1, -0.05) is 18.9 Å². The summed E-state index contributed by atoms with van der Waals surface area (Å²) in [5.41, 5.74) is 4.57. The smallest absolute Gasteiger partial charge is 0.352 e. The van der Waals surface area contributed by atoms with Crippen molar-refractivity contribution in [3.05, 3.63) is 35.4 Å². The summed E-state index contributed by atoms with van der Waals surface area (Å²) < 4.78 is 37.5. The third-order valence-electron chi connectivity index (χ3n) is 2.87. The standard InChI is InChI=1S/C14H19F3N2O/c15-14(16,17)12-7-5-6-11(10-12)13(20)19-9-4-2-1-3-8-18/h5-7,10H,1-4,8-9,18H2,(H,19,20). The molecule has 0 radical (unpaired) electrons. The Hall–Kier alpha value is -1.56. The molecule has 0 saturated heterocycles. The molecule has 0 fully saturated rings. The van der Waals surface area contributed by atoms with E-state index in [1.165, 1.54) is 12.1 Å². The maximum absolute atomic E-state index is 12.5. The van der Waals surface area contributed by atoms with Crippen LogP contribution < -0.4 is 11.1 Å². The number of benzene rings is 1. The lowest BCUT2D eigenvalue weighted by Crippen LogP contribution is -2.24. The minimum atomic E-state index is -4.43. The highest BCUT2D eigenvalue weighted by molar-refractivity contribution is 5.94. The van der Waals surface area contributed by atoms with Crippen molar-refractivity contribution in [1.82, 2.24) is 5.32 Å². The molecule has 0 unspecified atom stereocenters. The Bertz CT molecular complexity index is 433. The summed E-state index contributed by atoms with van der Waals surface area (Å²) in [6, 6.07) is 4.42. The first kappa shape index (κ1) is 16.5. The van der Waals surface area contributed by atoms with E-state index < -0.39 is 17.6 Å². The zero-order valence-electron chi connectivity index (χ0n) is 11.2. The minimum Gasteiger partial charge on any atom is -0.352 e. The fraction of sp³-hybridized carbons (Fsp3) is 0.500. The Morgan fingerprint density at radius 3 is 2.50 bits per heavy atom. The third kappa shape index (κ3) is 5.61. The molecule has 3 nitrogen and oxygen atoms in total. The van der Waals surface area contributed by atoms with E-state index in [2.05, 4.69) is 5.32 Å². The molecule has 1 aromatic rings. The van der Waals surface area contributed by atoms with Crippen molar-refractivity contribution < 1.29 is 18.0 Å². The van der Waals surface area contributed by atoms with Crippen molar-refractivity contribution in [3.63, 3.8) is 0 Å². The van der Waals surface area contributed by atoms with Crippen LogP contribution in [0.3, 0.4) is 0 Å². The Balaban J connectivity index is 2.44. The van der Waals surface area contributed by atoms with Crippen LogP contribution in [0, 0.1) is 0 Å². The van der Waals surface area contributed by atoms with E-state index in [1.54, 1.807) is 0 Å². The molecule has 6 heteroatoms. The van der Waals surface area contributed by atoms with Crippen LogP contribution in [0.5, 0.6) is 0 Å². The zero-order valence-corrected chi connectivity index (χ0v) is 11.2. The van der Waals surface area contributed by atoms with Gasteiger partial charge in [0.05, 0.1) is 5.56 Å². The second-order valence-corrected chi connectivity index (χ2v) is 4.54. The number of unbranched alkanes of at least 4 members (excludes halogenated alkanes) is 3. The Labute approximate surface area is 116 Å². The van der Waals surface area contributed by atoms with Crippen LogP contribution in [0.4, 0.5) is 13.2 Å². The molecule has 0 heterocycles. The van der Waals surface area contributed by atoms with Gasteiger partial charge in [-0.25, -0.2) is 0 Å². The van der Waals surface area contributed by atoms with E-state index in [9.17, 15) is 18.0 Å². The first-order chi connectivity index (χ1) is 9.45. The summed E-state index contributed by atoms with van der Waals surface area (Å²) >= 11 is 0. The first-order valence-electron chi connectivity index (χ1n) is 6.60. The highest BCUT2D eigenvalue weighted by Gasteiger charge is 2.30. The molecule has 0 bridgehead atoms. The minimum absolute atomic E-state index is 0.0294. The van der Waals surface area contributed by atoms with Gasteiger partial charge >= 0.3 is 6.18 Å². The fourth-order valence-electron chi connectivity index (χ4n) is 1.76. The Morgan fingerprint density at radius 2 is 1.85 bits per heavy atom. The van der Waals surface area contributed by atoms with Crippen molar-refractivity contribution in [1.29, 1.82) is 0 Å². The van der Waals surface area contributed by atoms with Gasteiger partial charge < -0.3 is 11.1 Å². The van der Waals surface area contributed by atoms with Gasteiger partial charge in [0, 0.05) is 12.1 Å². The SMILES string of the molecule is NCCCCCCNC(=O)c1cccc(C(F)(F)F)c1. The van der Waals surface area contributed by atoms with Gasteiger partial charge in [-0.3, -0.25) is 4.79 Å². The number of rotatable bonds is 7. The molecule has 1 rings (SSSR count). The normalized spacial score (nSPS) is 11.4. The highest BCUT2D eigenvalue weighted by atomic mass is 19.4. The third-order valence-corrected chi connectivity index (χ3v) is 2.87. The molecular weight excluding hydrogens is 269 g/mol. The molecule has 112 valence electrons. The summed E-state index contributed by atoms with van der Waals surface area (Å²) in [7, 11) is 0. The average Bonchev–Trinajstić information content (AvgIpc) is 2.41. The van der Waals surface area contributed by atoms with Crippen LogP contribution in [0.2, 0.25) is 0 Å². The lowest BCUT2D eigenvalue weighted by Gasteiger charge is -2.09. The molecule has 0 aliphatic carbocycles. The molecule has 0 saturated carbocycles. The number of hydrogen-bond donors (Lipinski definition) is 2. The predicted octanol–water partition coefficient (Wildman–Crippen LogP) is 2.95. The van der Waals surface area contributed by atoms with Crippen LogP contribution in [-0.2, 0) is 6.18 Å². The van der Waals surface area contributed by atoms with Gasteiger partial charge in [0.2, 0.25) is 0 Å². The molecule has 0 aliphatic heterocycles. The summed E-state index contributed by atoms with van der Waals surface area (Å²) in [6.07, 6.45) is -0.749. The molecule has 0 atom stereocenters. The first-order valence-corrected chi connectivity index (χ1v) is 6.60. The zero-order chi connectivity index (χ0) is 15.0. The number of hydrogen-bond acceptors (Lipinski definition) is 2. The summed E-state index contributed by atoms with van der Waals surface area (Å²) in [5.74, 6) is -0.477. The van der Waals surface area contributed by atoms with Crippen molar-refractivity contribution in [3.8, 4) is 0 Å². The van der Waals surface area contributed by atoms with Gasteiger partial charge in [-0.15, -0.1) is 0 Å². The monoisotopic (exact) mass is 288 g/mol. The summed E-state index contributed by atoms with van der Waals surface area (Å²) in [4.78, 5) is 11.7. The number of nitrogens with one attached hydrogen (secondary N) is 1. The maximum atomic E-state index is 12.5. The van der Waals surface area contributed by atoms with Crippen LogP contribution >= 0.6 is 0 Å². The van der Waals surface area contributed by atoms with E-state index >= 15 is 0 Å². The van der Waals surface area contributed by atoms with Gasteiger partial charge in [0.25, 0.3) is 5.91 Å². The topological polar surface area (TPSA) is 55.1 Å². The number of halogens is 3. The Kier molecular flexibility index (Phi) is 6.51. The van der Waals surface area contributed by atoms with Crippen molar-refractivity contribution in [2.24, 2.45) is 5.73 Å². The lowest BCUT2D eigenvalue weighted by molar-refractivity contribution is -0.137. The number of alkyl halides is 3. The average molecular weight is 288 g/mol. The quantitative estimate of drug-likeness (QED) is 0.758. The molecule has 20 heavy (non-hydrogen) atoms. The molecule has 0 aliphatic rings. The van der Waals surface area contributed by atoms with Crippen LogP contribution in [-0.4, -0.2) is 19.0 Å². The number of carbonyl (C=O) groups excluding carboxylic acids is 1. The fourth-order valence-corrected chi connectivity index (χ4v) is 1.76. The van der Waals surface area contributed by atoms with Gasteiger partial charge in [0.1, 0.15) is 0 Å². The van der Waals surface area contributed by atoms with E-state index in [4.69, 9.17) is 5.73 Å². The second-order valence-electron chi connectivity index (χ2n) is 4.54.